The molecular weight excluding hydrogens is 434 g/mol. The molecule has 0 fully saturated rings. The first kappa shape index (κ1) is 21.3. The predicted molar refractivity (Wildman–Crippen MR) is 127 cm³/mol. The molecule has 1 atom stereocenters. The quantitative estimate of drug-likeness (QED) is 0.546. The van der Waals surface area contributed by atoms with Gasteiger partial charge in [0.25, 0.3) is 0 Å². The average molecular weight is 458 g/mol. The second-order valence-electron chi connectivity index (χ2n) is 7.09. The van der Waals surface area contributed by atoms with Crippen molar-refractivity contribution in [1.82, 2.24) is 9.47 Å². The number of aromatic nitrogens is 1. The van der Waals surface area contributed by atoms with Crippen LogP contribution in [0.3, 0.4) is 0 Å². The highest BCUT2D eigenvalue weighted by atomic mass is 35.5. The number of hydrogen-bond donors (Lipinski definition) is 1. The predicted octanol–water partition coefficient (Wildman–Crippen LogP) is 4.97. The third kappa shape index (κ3) is 4.03. The van der Waals surface area contributed by atoms with Gasteiger partial charge in [0.05, 0.1) is 38.1 Å². The molecule has 0 bridgehead atoms. The van der Waals surface area contributed by atoms with Gasteiger partial charge < -0.3 is 29.0 Å². The van der Waals surface area contributed by atoms with Crippen molar-refractivity contribution in [3.8, 4) is 17.2 Å². The molecule has 2 heterocycles. The largest absolute Gasteiger partial charge is 0.493 e. The molecule has 0 spiro atoms. The Bertz CT molecular complexity index is 1080. The maximum atomic E-state index is 6.35. The Morgan fingerprint density at radius 2 is 1.71 bits per heavy atom. The summed E-state index contributed by atoms with van der Waals surface area (Å²) in [6, 6.07) is 15.5. The van der Waals surface area contributed by atoms with Crippen LogP contribution in [-0.4, -0.2) is 42.5 Å². The van der Waals surface area contributed by atoms with Crippen molar-refractivity contribution in [2.24, 2.45) is 0 Å². The van der Waals surface area contributed by atoms with E-state index >= 15 is 0 Å². The number of nitrogens with one attached hydrogen (secondary N) is 1. The first-order chi connectivity index (χ1) is 15.1. The van der Waals surface area contributed by atoms with Gasteiger partial charge in [-0.1, -0.05) is 23.7 Å². The Morgan fingerprint density at radius 1 is 1.00 bits per heavy atom. The maximum absolute atomic E-state index is 6.35. The monoisotopic (exact) mass is 457 g/mol. The second-order valence-corrected chi connectivity index (χ2v) is 7.88. The van der Waals surface area contributed by atoms with E-state index in [4.69, 9.17) is 38.0 Å². The number of para-hydroxylation sites is 1. The molecule has 1 aromatic heterocycles. The summed E-state index contributed by atoms with van der Waals surface area (Å²) < 4.78 is 18.9. The van der Waals surface area contributed by atoms with Crippen molar-refractivity contribution in [1.29, 1.82) is 0 Å². The number of methoxy groups -OCH3 is 3. The summed E-state index contributed by atoms with van der Waals surface area (Å²) in [6.07, 6.45) is 2.09. The van der Waals surface area contributed by atoms with Crippen LogP contribution < -0.4 is 19.5 Å². The fourth-order valence-corrected chi connectivity index (χ4v) is 4.45. The van der Waals surface area contributed by atoms with E-state index in [0.29, 0.717) is 27.4 Å². The van der Waals surface area contributed by atoms with Crippen molar-refractivity contribution in [3.63, 3.8) is 0 Å². The number of ether oxygens (including phenoxy) is 3. The smallest absolute Gasteiger partial charge is 0.203 e. The van der Waals surface area contributed by atoms with E-state index in [-0.39, 0.29) is 6.04 Å². The fraction of sp³-hybridized carbons (Fsp3) is 0.261. The zero-order chi connectivity index (χ0) is 22.0. The molecule has 1 aliphatic rings. The number of anilines is 1. The lowest BCUT2D eigenvalue weighted by molar-refractivity contribution is 0.288. The van der Waals surface area contributed by atoms with Crippen LogP contribution in [0.1, 0.15) is 17.3 Å². The lowest BCUT2D eigenvalue weighted by atomic mass is 9.99. The number of benzene rings is 2. The number of fused-ring (bicyclic) bond motifs is 1. The Kier molecular flexibility index (Phi) is 6.25. The number of rotatable bonds is 5. The van der Waals surface area contributed by atoms with Gasteiger partial charge in [-0.05, 0) is 54.2 Å². The molecule has 2 aromatic carbocycles. The number of hydrogen-bond acceptors (Lipinski definition) is 4. The van der Waals surface area contributed by atoms with Crippen LogP contribution in [0.25, 0.3) is 0 Å². The van der Waals surface area contributed by atoms with E-state index in [1.807, 2.05) is 42.5 Å². The van der Waals surface area contributed by atoms with Crippen LogP contribution in [0.15, 0.2) is 54.7 Å². The number of halogens is 1. The zero-order valence-electron chi connectivity index (χ0n) is 17.6. The molecule has 0 amide bonds. The highest BCUT2D eigenvalue weighted by Gasteiger charge is 2.32. The summed E-state index contributed by atoms with van der Waals surface area (Å²) in [7, 11) is 4.83. The zero-order valence-corrected chi connectivity index (χ0v) is 19.2. The van der Waals surface area contributed by atoms with Gasteiger partial charge in [0, 0.05) is 25.0 Å². The summed E-state index contributed by atoms with van der Waals surface area (Å²) in [5.41, 5.74) is 2.89. The lowest BCUT2D eigenvalue weighted by Gasteiger charge is -2.39. The van der Waals surface area contributed by atoms with Gasteiger partial charge in [0.2, 0.25) is 5.75 Å². The third-order valence-corrected chi connectivity index (χ3v) is 6.08. The molecule has 0 unspecified atom stereocenters. The molecule has 31 heavy (non-hydrogen) atoms. The van der Waals surface area contributed by atoms with E-state index in [1.54, 1.807) is 21.3 Å². The second kappa shape index (κ2) is 9.08. The van der Waals surface area contributed by atoms with Crippen molar-refractivity contribution in [2.45, 2.75) is 12.6 Å². The van der Waals surface area contributed by atoms with Gasteiger partial charge in [-0.2, -0.15) is 0 Å². The Labute approximate surface area is 192 Å². The van der Waals surface area contributed by atoms with E-state index in [0.717, 1.165) is 30.0 Å². The van der Waals surface area contributed by atoms with Gasteiger partial charge in [-0.25, -0.2) is 0 Å². The van der Waals surface area contributed by atoms with Crippen LogP contribution in [0.2, 0.25) is 5.02 Å². The normalized spacial score (nSPS) is 15.2. The summed E-state index contributed by atoms with van der Waals surface area (Å²) in [5, 5.41) is 4.53. The molecule has 0 radical (unpaired) electrons. The molecule has 8 heteroatoms. The molecule has 162 valence electrons. The molecule has 0 aliphatic carbocycles. The summed E-state index contributed by atoms with van der Waals surface area (Å²) in [4.78, 5) is 2.16. The van der Waals surface area contributed by atoms with Crippen LogP contribution >= 0.6 is 23.8 Å². The Morgan fingerprint density at radius 3 is 2.35 bits per heavy atom. The SMILES string of the molecule is COc1cc([C@H]2c3cccn3CCN2C(=S)Nc2ccccc2Cl)cc(OC)c1OC. The summed E-state index contributed by atoms with van der Waals surface area (Å²) >= 11 is 12.2. The van der Waals surface area contributed by atoms with Crippen molar-refractivity contribution in [3.05, 3.63) is 71.0 Å². The molecule has 1 aliphatic heterocycles. The standard InChI is InChI=1S/C23H24ClN3O3S/c1-28-19-13-15(14-20(29-2)22(19)30-3)21-18-9-6-10-26(18)11-12-27(21)23(31)25-17-8-5-4-7-16(17)24/h4-10,13-14,21H,11-12H2,1-3H3,(H,25,31)/t21-/m0/s1. The van der Waals surface area contributed by atoms with Gasteiger partial charge in [0.15, 0.2) is 16.6 Å². The van der Waals surface area contributed by atoms with E-state index in [2.05, 4.69) is 27.0 Å². The highest BCUT2D eigenvalue weighted by Crippen LogP contribution is 2.43. The Balaban J connectivity index is 1.77. The molecule has 0 saturated carbocycles. The minimum absolute atomic E-state index is 0.139. The van der Waals surface area contributed by atoms with Crippen molar-refractivity contribution in [2.75, 3.05) is 33.2 Å². The van der Waals surface area contributed by atoms with Gasteiger partial charge in [-0.15, -0.1) is 0 Å². The molecule has 3 aromatic rings. The Hall–Kier alpha value is -2.90. The molecular formula is C23H24ClN3O3S. The molecule has 6 nitrogen and oxygen atoms in total. The average Bonchev–Trinajstić information content (AvgIpc) is 3.27. The van der Waals surface area contributed by atoms with Crippen LogP contribution in [0.4, 0.5) is 5.69 Å². The number of thiocarbonyl (C=S) groups is 1. The summed E-state index contributed by atoms with van der Waals surface area (Å²) in [5.74, 6) is 1.76. The minimum atomic E-state index is -0.139. The van der Waals surface area contributed by atoms with E-state index in [9.17, 15) is 0 Å². The molecule has 1 N–H and O–H groups in total. The van der Waals surface area contributed by atoms with Crippen LogP contribution in [0, 0.1) is 0 Å². The van der Waals surface area contributed by atoms with Gasteiger partial charge in [0.1, 0.15) is 0 Å². The fourth-order valence-electron chi connectivity index (χ4n) is 3.96. The maximum Gasteiger partial charge on any atom is 0.203 e. The summed E-state index contributed by atoms with van der Waals surface area (Å²) in [6.45, 7) is 1.56. The van der Waals surface area contributed by atoms with Crippen molar-refractivity contribution < 1.29 is 14.2 Å². The van der Waals surface area contributed by atoms with E-state index < -0.39 is 0 Å². The first-order valence-corrected chi connectivity index (χ1v) is 10.6. The van der Waals surface area contributed by atoms with E-state index in [1.165, 1.54) is 0 Å². The topological polar surface area (TPSA) is 47.9 Å². The van der Waals surface area contributed by atoms with Crippen molar-refractivity contribution >= 4 is 34.6 Å². The van der Waals surface area contributed by atoms with Crippen LogP contribution in [0.5, 0.6) is 17.2 Å². The highest BCUT2D eigenvalue weighted by molar-refractivity contribution is 7.80. The first-order valence-electron chi connectivity index (χ1n) is 9.84. The number of nitrogens with zero attached hydrogens (tertiary/aromatic N) is 2. The van der Waals surface area contributed by atoms with Crippen LogP contribution in [-0.2, 0) is 6.54 Å². The molecule has 4 rings (SSSR count). The van der Waals surface area contributed by atoms with Gasteiger partial charge in [-0.3, -0.25) is 0 Å². The molecule has 0 saturated heterocycles. The van der Waals surface area contributed by atoms with Gasteiger partial charge >= 0.3 is 0 Å². The lowest BCUT2D eigenvalue weighted by Crippen LogP contribution is -2.44. The third-order valence-electron chi connectivity index (χ3n) is 5.42. The minimum Gasteiger partial charge on any atom is -0.493 e.